The first-order valence-corrected chi connectivity index (χ1v) is 7.62. The number of hydrogen-bond donors (Lipinski definition) is 0. The van der Waals surface area contributed by atoms with E-state index in [0.29, 0.717) is 17.4 Å². The largest absolute Gasteiger partial charge is 0.347 e. The van der Waals surface area contributed by atoms with Crippen molar-refractivity contribution in [3.8, 4) is 0 Å². The van der Waals surface area contributed by atoms with E-state index in [2.05, 4.69) is 0 Å². The van der Waals surface area contributed by atoms with Gasteiger partial charge in [0.15, 0.2) is 17.0 Å². The molecule has 4 aliphatic rings. The van der Waals surface area contributed by atoms with Gasteiger partial charge in [-0.15, -0.1) is 0 Å². The third kappa shape index (κ3) is 0.944. The quantitative estimate of drug-likeness (QED) is 0.618. The average Bonchev–Trinajstić information content (AvgIpc) is 2.94. The maximum absolute atomic E-state index is 13.1. The van der Waals surface area contributed by atoms with E-state index >= 15 is 0 Å². The summed E-state index contributed by atoms with van der Waals surface area (Å²) in [6, 6.07) is 7.63. The Labute approximate surface area is 123 Å². The summed E-state index contributed by atoms with van der Waals surface area (Å²) in [5.41, 5.74) is 0.205. The molecule has 1 heterocycles. The fraction of sp³-hybridized carbons (Fsp3) is 0.588. The van der Waals surface area contributed by atoms with Crippen molar-refractivity contribution in [2.45, 2.75) is 36.3 Å². The number of ketones is 1. The topological polar surface area (TPSA) is 48.1 Å². The van der Waals surface area contributed by atoms with E-state index in [1.54, 1.807) is 14.2 Å². The van der Waals surface area contributed by atoms with E-state index in [0.717, 1.165) is 24.8 Å². The smallest absolute Gasteiger partial charge is 0.229 e. The highest BCUT2D eigenvalue weighted by Gasteiger charge is 2.94. The average molecular weight is 286 g/mol. The van der Waals surface area contributed by atoms with Crippen LogP contribution in [0, 0.1) is 11.8 Å². The number of ether oxygens (including phenoxy) is 3. The number of hydrogen-bond acceptors (Lipinski definition) is 4. The highest BCUT2D eigenvalue weighted by atomic mass is 16.8. The van der Waals surface area contributed by atoms with Gasteiger partial charge in [0, 0.05) is 25.3 Å². The predicted molar refractivity (Wildman–Crippen MR) is 73.8 cm³/mol. The Morgan fingerprint density at radius 3 is 2.62 bits per heavy atom. The summed E-state index contributed by atoms with van der Waals surface area (Å²) in [6.45, 7) is 0. The van der Waals surface area contributed by atoms with Crippen LogP contribution in [-0.4, -0.2) is 31.2 Å². The number of carbonyl (C=O) groups excluding carboxylic acids is 1. The lowest BCUT2D eigenvalue weighted by Crippen LogP contribution is -2.59. The third-order valence-electron chi connectivity index (χ3n) is 6.34. The molecular weight excluding hydrogens is 268 g/mol. The minimum absolute atomic E-state index is 0.134. The number of fused-ring (bicyclic) bond motifs is 3. The highest BCUT2D eigenvalue weighted by molar-refractivity contribution is 6.09. The first-order valence-electron chi connectivity index (χ1n) is 7.62. The van der Waals surface area contributed by atoms with Gasteiger partial charge in [-0.05, 0) is 31.1 Å². The monoisotopic (exact) mass is 286 g/mol. The number of epoxide rings is 1. The molecule has 3 aliphatic carbocycles. The van der Waals surface area contributed by atoms with Gasteiger partial charge in [-0.2, -0.15) is 0 Å². The summed E-state index contributed by atoms with van der Waals surface area (Å²) in [7, 11) is 3.31. The Kier molecular flexibility index (Phi) is 1.99. The summed E-state index contributed by atoms with van der Waals surface area (Å²) < 4.78 is 18.1. The van der Waals surface area contributed by atoms with Gasteiger partial charge in [0.2, 0.25) is 5.79 Å². The highest BCUT2D eigenvalue weighted by Crippen LogP contribution is 2.79. The van der Waals surface area contributed by atoms with Crippen LogP contribution in [0.1, 0.15) is 35.2 Å². The molecule has 110 valence electrons. The van der Waals surface area contributed by atoms with Gasteiger partial charge in [0.25, 0.3) is 0 Å². The van der Waals surface area contributed by atoms with Crippen LogP contribution in [0.25, 0.3) is 0 Å². The van der Waals surface area contributed by atoms with Crippen LogP contribution < -0.4 is 0 Å². The second kappa shape index (κ2) is 3.40. The van der Waals surface area contributed by atoms with Crippen LogP contribution in [0.2, 0.25) is 0 Å². The molecule has 21 heavy (non-hydrogen) atoms. The van der Waals surface area contributed by atoms with Gasteiger partial charge < -0.3 is 14.2 Å². The summed E-state index contributed by atoms with van der Waals surface area (Å²) in [4.78, 5) is 13.1. The zero-order valence-corrected chi connectivity index (χ0v) is 12.2. The van der Waals surface area contributed by atoms with E-state index in [9.17, 15) is 4.79 Å². The maximum atomic E-state index is 13.1. The van der Waals surface area contributed by atoms with Crippen molar-refractivity contribution >= 4 is 5.78 Å². The van der Waals surface area contributed by atoms with Crippen molar-refractivity contribution in [2.75, 3.05) is 14.2 Å². The van der Waals surface area contributed by atoms with E-state index < -0.39 is 17.0 Å². The molecule has 1 saturated heterocycles. The molecule has 0 amide bonds. The summed E-state index contributed by atoms with van der Waals surface area (Å²) in [5, 5.41) is 0. The summed E-state index contributed by atoms with van der Waals surface area (Å²) in [5.74, 6) is -0.167. The molecule has 0 radical (unpaired) electrons. The lowest BCUT2D eigenvalue weighted by Gasteiger charge is -2.44. The van der Waals surface area contributed by atoms with Crippen LogP contribution in [0.15, 0.2) is 24.3 Å². The molecule has 0 spiro atoms. The molecule has 0 N–H and O–H groups in total. The first kappa shape index (κ1) is 12.3. The zero-order valence-electron chi connectivity index (χ0n) is 12.2. The molecule has 4 atom stereocenters. The number of methoxy groups -OCH3 is 2. The number of Topliss-reactive ketones (excluding diaryl/α,β-unsaturated/α-hetero) is 1. The Hall–Kier alpha value is -1.23. The van der Waals surface area contributed by atoms with Gasteiger partial charge in [-0.1, -0.05) is 24.3 Å². The zero-order chi connectivity index (χ0) is 14.5. The van der Waals surface area contributed by atoms with Crippen LogP contribution in [0.5, 0.6) is 0 Å². The standard InChI is InChI=1S/C17H18O4/c1-19-17(20-2)13-6-4-3-5-12(13)14(18)15-10-7-8-11(9-10)16(15,17)21-15/h3-6,10-11H,7-9H2,1-2H3/t10-,11-,15+,16+/m1/s1. The first-order chi connectivity index (χ1) is 10.2. The maximum Gasteiger partial charge on any atom is 0.229 e. The lowest BCUT2D eigenvalue weighted by molar-refractivity contribution is -0.266. The predicted octanol–water partition coefficient (Wildman–Crippen LogP) is 2.27. The summed E-state index contributed by atoms with van der Waals surface area (Å²) >= 11 is 0. The molecule has 1 aliphatic heterocycles. The van der Waals surface area contributed by atoms with Crippen LogP contribution in [-0.2, 0) is 20.0 Å². The Morgan fingerprint density at radius 2 is 1.86 bits per heavy atom. The van der Waals surface area contributed by atoms with Crippen LogP contribution >= 0.6 is 0 Å². The number of benzene rings is 1. The van der Waals surface area contributed by atoms with Gasteiger partial charge >= 0.3 is 0 Å². The fourth-order valence-corrected chi connectivity index (χ4v) is 5.68. The van der Waals surface area contributed by atoms with Gasteiger partial charge in [0.05, 0.1) is 0 Å². The molecule has 5 rings (SSSR count). The molecule has 2 bridgehead atoms. The van der Waals surface area contributed by atoms with E-state index in [1.165, 1.54) is 0 Å². The fourth-order valence-electron chi connectivity index (χ4n) is 5.68. The molecular formula is C17H18O4. The normalized spacial score (nSPS) is 44.2. The molecule has 4 nitrogen and oxygen atoms in total. The lowest BCUT2D eigenvalue weighted by atomic mass is 9.64. The van der Waals surface area contributed by atoms with Gasteiger partial charge in [-0.3, -0.25) is 4.79 Å². The van der Waals surface area contributed by atoms with Gasteiger partial charge in [0.1, 0.15) is 0 Å². The SMILES string of the molecule is COC1(OC)c2ccccc2C(=O)[C@]23O[C@]12[C@@H]1CC[C@@H]3C1. The van der Waals surface area contributed by atoms with E-state index in [4.69, 9.17) is 14.2 Å². The minimum Gasteiger partial charge on any atom is -0.347 e. The van der Waals surface area contributed by atoms with Crippen molar-refractivity contribution in [3.63, 3.8) is 0 Å². The summed E-state index contributed by atoms with van der Waals surface area (Å²) in [6.07, 6.45) is 3.22. The van der Waals surface area contributed by atoms with Crippen molar-refractivity contribution in [1.29, 1.82) is 0 Å². The molecule has 0 unspecified atom stereocenters. The second-order valence-corrected chi connectivity index (χ2v) is 6.68. The Bertz CT molecular complexity index is 665. The van der Waals surface area contributed by atoms with Crippen LogP contribution in [0.3, 0.4) is 0 Å². The molecule has 2 saturated carbocycles. The van der Waals surface area contributed by atoms with E-state index in [1.807, 2.05) is 24.3 Å². The minimum atomic E-state index is -0.961. The van der Waals surface area contributed by atoms with Crippen molar-refractivity contribution in [1.82, 2.24) is 0 Å². The van der Waals surface area contributed by atoms with Crippen molar-refractivity contribution in [3.05, 3.63) is 35.4 Å². The molecule has 0 aromatic heterocycles. The van der Waals surface area contributed by atoms with Crippen molar-refractivity contribution < 1.29 is 19.0 Å². The van der Waals surface area contributed by atoms with Gasteiger partial charge in [-0.25, -0.2) is 0 Å². The molecule has 3 fully saturated rings. The molecule has 4 heteroatoms. The number of carbonyl (C=O) groups is 1. The third-order valence-corrected chi connectivity index (χ3v) is 6.34. The Balaban J connectivity index is 1.86. The Morgan fingerprint density at radius 1 is 1.14 bits per heavy atom. The van der Waals surface area contributed by atoms with E-state index in [-0.39, 0.29) is 5.78 Å². The number of rotatable bonds is 2. The molecule has 1 aromatic carbocycles. The second-order valence-electron chi connectivity index (χ2n) is 6.68. The van der Waals surface area contributed by atoms with Crippen LogP contribution in [0.4, 0.5) is 0 Å². The molecule has 1 aromatic rings. The van der Waals surface area contributed by atoms with Crippen molar-refractivity contribution in [2.24, 2.45) is 11.8 Å².